The van der Waals surface area contributed by atoms with Crippen LogP contribution in [0.2, 0.25) is 10.0 Å². The lowest BCUT2D eigenvalue weighted by molar-refractivity contribution is -0.134. The molecule has 1 aromatic rings. The second-order valence-corrected chi connectivity index (χ2v) is 7.62. The SMILES string of the molecule is CN1CCN(C(=O)N2CC(Oc3ccc(Cl)c(Cl)c3)C2)CC1.O=C(O)/C=C/C(=O)O. The molecule has 2 N–H and O–H groups in total. The number of hydrogen-bond donors (Lipinski definition) is 2. The maximum atomic E-state index is 12.3. The van der Waals surface area contributed by atoms with Crippen LogP contribution < -0.4 is 4.74 Å². The lowest BCUT2D eigenvalue weighted by atomic mass is 10.1. The number of carbonyl (C=O) groups excluding carboxylic acids is 1. The van der Waals surface area contributed by atoms with Crippen LogP contribution in [0.1, 0.15) is 0 Å². The molecule has 0 radical (unpaired) electrons. The highest BCUT2D eigenvalue weighted by Crippen LogP contribution is 2.28. The zero-order valence-corrected chi connectivity index (χ0v) is 17.8. The molecule has 2 saturated heterocycles. The predicted molar refractivity (Wildman–Crippen MR) is 111 cm³/mol. The van der Waals surface area contributed by atoms with Gasteiger partial charge in [-0.3, -0.25) is 0 Å². The number of aliphatic carboxylic acids is 2. The van der Waals surface area contributed by atoms with Gasteiger partial charge in [0.2, 0.25) is 0 Å². The van der Waals surface area contributed by atoms with Crippen LogP contribution in [0.25, 0.3) is 0 Å². The Balaban J connectivity index is 0.000000343. The minimum absolute atomic E-state index is 0.0219. The van der Waals surface area contributed by atoms with Gasteiger partial charge in [0.05, 0.1) is 23.1 Å². The third-order valence-electron chi connectivity index (χ3n) is 4.45. The first-order valence-corrected chi connectivity index (χ1v) is 9.89. The van der Waals surface area contributed by atoms with Crippen molar-refractivity contribution in [1.82, 2.24) is 14.7 Å². The summed E-state index contributed by atoms with van der Waals surface area (Å²) in [5.41, 5.74) is 0. The van der Waals surface area contributed by atoms with Crippen LogP contribution in [-0.2, 0) is 9.59 Å². The number of benzene rings is 1. The van der Waals surface area contributed by atoms with E-state index in [-0.39, 0.29) is 12.1 Å². The molecule has 30 heavy (non-hydrogen) atoms. The van der Waals surface area contributed by atoms with E-state index in [2.05, 4.69) is 11.9 Å². The Bertz CT molecular complexity index is 789. The van der Waals surface area contributed by atoms with Crippen LogP contribution >= 0.6 is 23.2 Å². The molecule has 11 heteroatoms. The van der Waals surface area contributed by atoms with Gasteiger partial charge >= 0.3 is 18.0 Å². The Kier molecular flexibility index (Phi) is 8.76. The molecule has 0 aromatic heterocycles. The van der Waals surface area contributed by atoms with Crippen molar-refractivity contribution in [1.29, 1.82) is 0 Å². The molecule has 0 atom stereocenters. The summed E-state index contributed by atoms with van der Waals surface area (Å²) in [6, 6.07) is 5.32. The number of piperazine rings is 1. The molecule has 2 heterocycles. The van der Waals surface area contributed by atoms with Crippen LogP contribution in [0, 0.1) is 0 Å². The molecular weight excluding hydrogens is 437 g/mol. The molecule has 9 nitrogen and oxygen atoms in total. The number of amides is 2. The second-order valence-electron chi connectivity index (χ2n) is 6.80. The molecule has 0 unspecified atom stereocenters. The smallest absolute Gasteiger partial charge is 0.328 e. The van der Waals surface area contributed by atoms with Crippen LogP contribution in [-0.4, -0.2) is 95.3 Å². The predicted octanol–water partition coefficient (Wildman–Crippen LogP) is 2.14. The number of nitrogens with zero attached hydrogens (tertiary/aromatic N) is 3. The minimum atomic E-state index is -1.26. The molecule has 0 aliphatic carbocycles. The van der Waals surface area contributed by atoms with Gasteiger partial charge in [-0.2, -0.15) is 0 Å². The van der Waals surface area contributed by atoms with E-state index in [9.17, 15) is 14.4 Å². The van der Waals surface area contributed by atoms with E-state index in [1.165, 1.54) is 0 Å². The molecule has 2 amide bonds. The second kappa shape index (κ2) is 11.1. The van der Waals surface area contributed by atoms with E-state index < -0.39 is 11.9 Å². The number of ether oxygens (including phenoxy) is 1. The summed E-state index contributed by atoms with van der Waals surface area (Å²) >= 11 is 11.8. The normalized spacial score (nSPS) is 17.2. The minimum Gasteiger partial charge on any atom is -0.487 e. The van der Waals surface area contributed by atoms with E-state index in [4.69, 9.17) is 38.2 Å². The van der Waals surface area contributed by atoms with Gasteiger partial charge in [0.15, 0.2) is 0 Å². The zero-order valence-electron chi connectivity index (χ0n) is 16.3. The number of rotatable bonds is 4. The highest BCUT2D eigenvalue weighted by Gasteiger charge is 2.35. The third kappa shape index (κ3) is 7.40. The van der Waals surface area contributed by atoms with Gasteiger partial charge in [-0.25, -0.2) is 14.4 Å². The average Bonchev–Trinajstić information content (AvgIpc) is 2.66. The molecule has 0 bridgehead atoms. The summed E-state index contributed by atoms with van der Waals surface area (Å²) in [5, 5.41) is 16.6. The van der Waals surface area contributed by atoms with Crippen LogP contribution in [0.5, 0.6) is 5.75 Å². The Morgan fingerprint density at radius 2 is 1.53 bits per heavy atom. The van der Waals surface area contributed by atoms with Crippen LogP contribution in [0.4, 0.5) is 4.79 Å². The molecule has 0 spiro atoms. The number of halogens is 2. The highest BCUT2D eigenvalue weighted by molar-refractivity contribution is 6.42. The summed E-state index contributed by atoms with van der Waals surface area (Å²) in [6.45, 7) is 4.69. The number of likely N-dealkylation sites (tertiary alicyclic amines) is 1. The Hall–Kier alpha value is -2.49. The molecule has 3 rings (SSSR count). The number of likely N-dealkylation sites (N-methyl/N-ethyl adjacent to an activating group) is 1. The summed E-state index contributed by atoms with van der Waals surface area (Å²) < 4.78 is 5.81. The fourth-order valence-corrected chi connectivity index (χ4v) is 3.04. The topological polar surface area (TPSA) is 111 Å². The van der Waals surface area contributed by atoms with E-state index in [0.717, 1.165) is 26.2 Å². The summed E-state index contributed by atoms with van der Waals surface area (Å²) in [4.78, 5) is 37.4. The first-order valence-electron chi connectivity index (χ1n) is 9.13. The fraction of sp³-hybridized carbons (Fsp3) is 0.421. The van der Waals surface area contributed by atoms with E-state index in [0.29, 0.717) is 41.0 Å². The van der Waals surface area contributed by atoms with Crippen molar-refractivity contribution in [3.8, 4) is 5.75 Å². The summed E-state index contributed by atoms with van der Waals surface area (Å²) in [5.74, 6) is -1.83. The zero-order chi connectivity index (χ0) is 22.3. The Labute approximate surface area is 184 Å². The van der Waals surface area contributed by atoms with Crippen molar-refractivity contribution in [2.75, 3.05) is 46.3 Å². The number of urea groups is 1. The van der Waals surface area contributed by atoms with E-state index in [1.54, 1.807) is 18.2 Å². The largest absolute Gasteiger partial charge is 0.487 e. The van der Waals surface area contributed by atoms with Gasteiger partial charge in [-0.05, 0) is 19.2 Å². The van der Waals surface area contributed by atoms with Gasteiger partial charge < -0.3 is 29.6 Å². The maximum Gasteiger partial charge on any atom is 0.328 e. The molecule has 2 aliphatic rings. The summed E-state index contributed by atoms with van der Waals surface area (Å²) in [6.07, 6.45) is 1.14. The van der Waals surface area contributed by atoms with Gasteiger partial charge in [-0.15, -0.1) is 0 Å². The Morgan fingerprint density at radius 3 is 2.03 bits per heavy atom. The van der Waals surface area contributed by atoms with Crippen molar-refractivity contribution in [2.45, 2.75) is 6.10 Å². The standard InChI is InChI=1S/C15H19Cl2N3O2.C4H4O4/c1-18-4-6-19(7-5-18)15(21)20-9-12(10-20)22-11-2-3-13(16)14(17)8-11;5-3(6)1-2-4(7)8/h2-3,8,12H,4-7,9-10H2,1H3;1-2H,(H,5,6)(H,7,8)/b;2-1+. The molecule has 0 saturated carbocycles. The van der Waals surface area contributed by atoms with Gasteiger partial charge in [0.25, 0.3) is 0 Å². The number of hydrogen-bond acceptors (Lipinski definition) is 5. The highest BCUT2D eigenvalue weighted by atomic mass is 35.5. The lowest BCUT2D eigenvalue weighted by Crippen LogP contribution is -2.61. The molecule has 164 valence electrons. The van der Waals surface area contributed by atoms with Crippen molar-refractivity contribution in [3.63, 3.8) is 0 Å². The van der Waals surface area contributed by atoms with Crippen molar-refractivity contribution >= 4 is 41.2 Å². The van der Waals surface area contributed by atoms with E-state index >= 15 is 0 Å². The Morgan fingerprint density at radius 1 is 0.967 bits per heavy atom. The first kappa shape index (κ1) is 23.8. The number of carboxylic acids is 2. The summed E-state index contributed by atoms with van der Waals surface area (Å²) in [7, 11) is 2.08. The van der Waals surface area contributed by atoms with Gasteiger partial charge in [0, 0.05) is 44.4 Å². The molecular formula is C19H23Cl2N3O6. The number of carbonyl (C=O) groups is 3. The average molecular weight is 460 g/mol. The quantitative estimate of drug-likeness (QED) is 0.663. The lowest BCUT2D eigenvalue weighted by Gasteiger charge is -2.43. The third-order valence-corrected chi connectivity index (χ3v) is 5.19. The number of carboxylic acid groups (broad SMARTS) is 2. The van der Waals surface area contributed by atoms with Crippen LogP contribution in [0.15, 0.2) is 30.4 Å². The fourth-order valence-electron chi connectivity index (χ4n) is 2.75. The van der Waals surface area contributed by atoms with Gasteiger partial charge in [0.1, 0.15) is 11.9 Å². The maximum absolute atomic E-state index is 12.3. The van der Waals surface area contributed by atoms with E-state index in [1.807, 2.05) is 9.80 Å². The van der Waals surface area contributed by atoms with Crippen molar-refractivity contribution < 1.29 is 29.3 Å². The molecule has 2 fully saturated rings. The van der Waals surface area contributed by atoms with Gasteiger partial charge in [-0.1, -0.05) is 23.2 Å². The monoisotopic (exact) mass is 459 g/mol. The molecule has 1 aromatic carbocycles. The van der Waals surface area contributed by atoms with Crippen molar-refractivity contribution in [2.24, 2.45) is 0 Å². The molecule has 2 aliphatic heterocycles. The van der Waals surface area contributed by atoms with Crippen LogP contribution in [0.3, 0.4) is 0 Å². The van der Waals surface area contributed by atoms with Crippen molar-refractivity contribution in [3.05, 3.63) is 40.4 Å². The first-order chi connectivity index (χ1) is 14.2.